The van der Waals surface area contributed by atoms with E-state index < -0.39 is 0 Å². The van der Waals surface area contributed by atoms with Gasteiger partial charge in [-0.25, -0.2) is 4.39 Å². The molecule has 2 nitrogen and oxygen atoms in total. The number of aromatic nitrogens is 2. The second-order valence-electron chi connectivity index (χ2n) is 4.15. The normalized spacial score (nSPS) is 11.2. The highest BCUT2D eigenvalue weighted by atomic mass is 79.9. The number of imidazole rings is 1. The van der Waals surface area contributed by atoms with Crippen molar-refractivity contribution in [2.24, 2.45) is 0 Å². The van der Waals surface area contributed by atoms with Crippen LogP contribution in [-0.4, -0.2) is 9.55 Å². The van der Waals surface area contributed by atoms with Gasteiger partial charge in [-0.3, -0.25) is 4.57 Å². The molecule has 1 N–H and O–H groups in total. The van der Waals surface area contributed by atoms with Gasteiger partial charge in [0.2, 0.25) is 0 Å². The standard InChI is InChI=1S/C13H6BrCl2FN2S/c14-7-4-12-11(5-10(7)17)18-13(20)19(12)6-1-2-8(15)9(16)3-6/h1-5H,(H,18,20). The molecule has 0 radical (unpaired) electrons. The molecule has 20 heavy (non-hydrogen) atoms. The lowest BCUT2D eigenvalue weighted by Crippen LogP contribution is -1.94. The van der Waals surface area contributed by atoms with E-state index in [1.54, 1.807) is 28.8 Å². The molecule has 2 aromatic carbocycles. The van der Waals surface area contributed by atoms with Crippen LogP contribution in [0.1, 0.15) is 0 Å². The van der Waals surface area contributed by atoms with Crippen LogP contribution in [0.3, 0.4) is 0 Å². The summed E-state index contributed by atoms with van der Waals surface area (Å²) in [6.07, 6.45) is 0. The fraction of sp³-hybridized carbons (Fsp3) is 0. The molecule has 1 aromatic heterocycles. The molecule has 1 heterocycles. The zero-order valence-corrected chi connectivity index (χ0v) is 13.7. The molecule has 0 bridgehead atoms. The van der Waals surface area contributed by atoms with Crippen molar-refractivity contribution in [3.63, 3.8) is 0 Å². The average molecular weight is 392 g/mol. The largest absolute Gasteiger partial charge is 0.330 e. The smallest absolute Gasteiger partial charge is 0.182 e. The van der Waals surface area contributed by atoms with Crippen LogP contribution in [0.15, 0.2) is 34.8 Å². The Morgan fingerprint density at radius 1 is 1.15 bits per heavy atom. The summed E-state index contributed by atoms with van der Waals surface area (Å²) in [6, 6.07) is 8.26. The molecule has 0 amide bonds. The SMILES string of the molecule is Fc1cc2[nH]c(=S)n(-c3ccc(Cl)c(Cl)c3)c2cc1Br. The fourth-order valence-corrected chi connectivity index (χ4v) is 2.92. The summed E-state index contributed by atoms with van der Waals surface area (Å²) in [7, 11) is 0. The predicted octanol–water partition coefficient (Wildman–Crippen LogP) is 5.90. The monoisotopic (exact) mass is 390 g/mol. The maximum Gasteiger partial charge on any atom is 0.182 e. The van der Waals surface area contributed by atoms with E-state index in [-0.39, 0.29) is 5.82 Å². The number of hydrogen-bond acceptors (Lipinski definition) is 1. The second-order valence-corrected chi connectivity index (χ2v) is 6.20. The first-order valence-electron chi connectivity index (χ1n) is 5.52. The topological polar surface area (TPSA) is 20.7 Å². The van der Waals surface area contributed by atoms with Crippen molar-refractivity contribution in [1.82, 2.24) is 9.55 Å². The first-order valence-corrected chi connectivity index (χ1v) is 7.48. The van der Waals surface area contributed by atoms with E-state index in [1.165, 1.54) is 6.07 Å². The van der Waals surface area contributed by atoms with Gasteiger partial charge < -0.3 is 4.98 Å². The van der Waals surface area contributed by atoms with Gasteiger partial charge in [0.25, 0.3) is 0 Å². The van der Waals surface area contributed by atoms with Gasteiger partial charge in [0, 0.05) is 6.07 Å². The third kappa shape index (κ3) is 2.29. The summed E-state index contributed by atoms with van der Waals surface area (Å²) >= 11 is 20.4. The van der Waals surface area contributed by atoms with Crippen LogP contribution in [0.2, 0.25) is 10.0 Å². The summed E-state index contributed by atoms with van der Waals surface area (Å²) in [5.41, 5.74) is 2.12. The average Bonchev–Trinajstić information content (AvgIpc) is 2.69. The number of hydrogen-bond donors (Lipinski definition) is 1. The molecule has 0 fully saturated rings. The van der Waals surface area contributed by atoms with Gasteiger partial charge in [0.15, 0.2) is 4.77 Å². The van der Waals surface area contributed by atoms with E-state index in [1.807, 2.05) is 0 Å². The lowest BCUT2D eigenvalue weighted by molar-refractivity contribution is 0.623. The predicted molar refractivity (Wildman–Crippen MR) is 86.1 cm³/mol. The summed E-state index contributed by atoms with van der Waals surface area (Å²) in [4.78, 5) is 2.97. The lowest BCUT2D eigenvalue weighted by atomic mass is 10.2. The van der Waals surface area contributed by atoms with Gasteiger partial charge in [0.1, 0.15) is 5.82 Å². The Balaban J connectivity index is 2.35. The highest BCUT2D eigenvalue weighted by molar-refractivity contribution is 9.10. The van der Waals surface area contributed by atoms with Crippen molar-refractivity contribution in [3.05, 3.63) is 55.4 Å². The summed E-state index contributed by atoms with van der Waals surface area (Å²) in [6.45, 7) is 0. The van der Waals surface area contributed by atoms with E-state index >= 15 is 0 Å². The van der Waals surface area contributed by atoms with Gasteiger partial charge in [-0.05, 0) is 52.4 Å². The molecule has 3 rings (SSSR count). The van der Waals surface area contributed by atoms with Gasteiger partial charge in [-0.15, -0.1) is 0 Å². The minimum Gasteiger partial charge on any atom is -0.330 e. The van der Waals surface area contributed by atoms with Gasteiger partial charge >= 0.3 is 0 Å². The Labute approximate surface area is 137 Å². The summed E-state index contributed by atoms with van der Waals surface area (Å²) in [5.74, 6) is -0.352. The maximum atomic E-state index is 13.6. The van der Waals surface area contributed by atoms with Crippen LogP contribution in [0.4, 0.5) is 4.39 Å². The number of nitrogens with zero attached hydrogens (tertiary/aromatic N) is 1. The molecule has 0 spiro atoms. The molecule has 0 aliphatic heterocycles. The van der Waals surface area contributed by atoms with Crippen LogP contribution in [0.25, 0.3) is 16.7 Å². The Bertz CT molecular complexity index is 888. The number of nitrogens with one attached hydrogen (secondary N) is 1. The summed E-state index contributed by atoms with van der Waals surface area (Å²) in [5, 5.41) is 0.899. The quantitative estimate of drug-likeness (QED) is 0.512. The van der Waals surface area contributed by atoms with E-state index in [2.05, 4.69) is 20.9 Å². The molecule has 0 aliphatic rings. The van der Waals surface area contributed by atoms with Crippen molar-refractivity contribution in [1.29, 1.82) is 0 Å². The second kappa shape index (κ2) is 5.15. The number of halogens is 4. The van der Waals surface area contributed by atoms with Crippen molar-refractivity contribution in [2.75, 3.05) is 0 Å². The molecular formula is C13H6BrCl2FN2S. The van der Waals surface area contributed by atoms with Crippen molar-refractivity contribution >= 4 is 62.4 Å². The van der Waals surface area contributed by atoms with Crippen molar-refractivity contribution in [2.45, 2.75) is 0 Å². The van der Waals surface area contributed by atoms with Gasteiger partial charge in [0.05, 0.1) is 31.2 Å². The minimum atomic E-state index is -0.352. The number of benzene rings is 2. The van der Waals surface area contributed by atoms with Crippen molar-refractivity contribution < 1.29 is 4.39 Å². The molecule has 0 atom stereocenters. The van der Waals surface area contributed by atoms with Gasteiger partial charge in [-0.2, -0.15) is 0 Å². The molecule has 7 heteroatoms. The Morgan fingerprint density at radius 3 is 2.60 bits per heavy atom. The van der Waals surface area contributed by atoms with Crippen LogP contribution >= 0.6 is 51.3 Å². The molecule has 3 aromatic rings. The van der Waals surface area contributed by atoms with Crippen LogP contribution in [-0.2, 0) is 0 Å². The molecule has 0 aliphatic carbocycles. The number of H-pyrrole nitrogens is 1. The maximum absolute atomic E-state index is 13.6. The zero-order valence-electron chi connectivity index (χ0n) is 9.75. The zero-order chi connectivity index (χ0) is 14.4. The minimum absolute atomic E-state index is 0.352. The van der Waals surface area contributed by atoms with E-state index in [0.717, 1.165) is 11.2 Å². The fourth-order valence-electron chi connectivity index (χ4n) is 1.98. The highest BCUT2D eigenvalue weighted by Crippen LogP contribution is 2.29. The molecular weight excluding hydrogens is 386 g/mol. The first kappa shape index (κ1) is 14.1. The Kier molecular flexibility index (Phi) is 3.62. The van der Waals surface area contributed by atoms with Crippen LogP contribution < -0.4 is 0 Å². The van der Waals surface area contributed by atoms with E-state index in [4.69, 9.17) is 35.4 Å². The summed E-state index contributed by atoms with van der Waals surface area (Å²) < 4.78 is 16.2. The first-order chi connectivity index (χ1) is 9.47. The molecule has 0 saturated heterocycles. The Hall–Kier alpha value is -0.880. The lowest BCUT2D eigenvalue weighted by Gasteiger charge is -2.06. The number of aromatic amines is 1. The van der Waals surface area contributed by atoms with Crippen LogP contribution in [0.5, 0.6) is 0 Å². The third-order valence-electron chi connectivity index (χ3n) is 2.89. The molecule has 102 valence electrons. The third-order valence-corrected chi connectivity index (χ3v) is 4.52. The van der Waals surface area contributed by atoms with E-state index in [9.17, 15) is 4.39 Å². The number of rotatable bonds is 1. The highest BCUT2D eigenvalue weighted by Gasteiger charge is 2.11. The Morgan fingerprint density at radius 2 is 1.90 bits per heavy atom. The van der Waals surface area contributed by atoms with Crippen LogP contribution in [0, 0.1) is 10.6 Å². The molecule has 0 unspecified atom stereocenters. The van der Waals surface area contributed by atoms with Crippen molar-refractivity contribution in [3.8, 4) is 5.69 Å². The number of fused-ring (bicyclic) bond motifs is 1. The van der Waals surface area contributed by atoms with E-state index in [0.29, 0.717) is 24.8 Å². The molecule has 0 saturated carbocycles. The van der Waals surface area contributed by atoms with Gasteiger partial charge in [-0.1, -0.05) is 23.2 Å².